The molecule has 7 nitrogen and oxygen atoms in total. The first-order chi connectivity index (χ1) is 15.9. The highest BCUT2D eigenvalue weighted by Gasteiger charge is 2.14. The van der Waals surface area contributed by atoms with Gasteiger partial charge in [-0.3, -0.25) is 9.59 Å². The van der Waals surface area contributed by atoms with Crippen LogP contribution >= 0.6 is 23.2 Å². The van der Waals surface area contributed by atoms with Crippen molar-refractivity contribution in [1.82, 2.24) is 5.43 Å². The van der Waals surface area contributed by atoms with E-state index in [-0.39, 0.29) is 0 Å². The van der Waals surface area contributed by atoms with Crippen LogP contribution < -0.4 is 20.2 Å². The van der Waals surface area contributed by atoms with Crippen molar-refractivity contribution in [3.8, 4) is 11.5 Å². The van der Waals surface area contributed by atoms with Crippen LogP contribution in [0.1, 0.15) is 16.7 Å². The molecule has 0 saturated carbocycles. The summed E-state index contributed by atoms with van der Waals surface area (Å²) in [5, 5.41) is 7.48. The van der Waals surface area contributed by atoms with Gasteiger partial charge >= 0.3 is 11.8 Å². The van der Waals surface area contributed by atoms with Crippen molar-refractivity contribution in [3.05, 3.63) is 87.4 Å². The van der Waals surface area contributed by atoms with Crippen LogP contribution in [0.4, 0.5) is 5.69 Å². The van der Waals surface area contributed by atoms with E-state index in [9.17, 15) is 9.59 Å². The number of ether oxygens (including phenoxy) is 2. The Bertz CT molecular complexity index is 1180. The van der Waals surface area contributed by atoms with Gasteiger partial charge in [-0.25, -0.2) is 5.43 Å². The summed E-state index contributed by atoms with van der Waals surface area (Å²) in [6.45, 7) is 2.09. The molecule has 0 radical (unpaired) electrons. The first kappa shape index (κ1) is 24.1. The van der Waals surface area contributed by atoms with Crippen LogP contribution in [-0.2, 0) is 16.2 Å². The van der Waals surface area contributed by atoms with Gasteiger partial charge in [-0.05, 0) is 66.1 Å². The zero-order chi connectivity index (χ0) is 23.8. The van der Waals surface area contributed by atoms with Gasteiger partial charge in [0.05, 0.1) is 13.3 Å². The maximum atomic E-state index is 12.1. The standard InChI is InChI=1S/C24H21Cl2N3O4/c1-15-19(26)4-3-5-20(15)28-23(30)24(31)29-27-13-17-8-11-21(22(12-17)32-2)33-14-16-6-9-18(25)10-7-16/h3-13H,14H2,1-2H3,(H,28,30)(H,29,31)/b27-13+. The van der Waals surface area contributed by atoms with Gasteiger partial charge in [0.2, 0.25) is 0 Å². The van der Waals surface area contributed by atoms with Gasteiger partial charge in [-0.2, -0.15) is 5.10 Å². The molecule has 0 unspecified atom stereocenters. The number of amides is 2. The van der Waals surface area contributed by atoms with Gasteiger partial charge in [0.15, 0.2) is 11.5 Å². The summed E-state index contributed by atoms with van der Waals surface area (Å²) in [6, 6.07) is 17.5. The molecule has 0 saturated heterocycles. The Morgan fingerprint density at radius 3 is 2.48 bits per heavy atom. The topological polar surface area (TPSA) is 89.0 Å². The molecule has 0 bridgehead atoms. The van der Waals surface area contributed by atoms with Crippen molar-refractivity contribution in [2.45, 2.75) is 13.5 Å². The molecule has 3 rings (SSSR count). The van der Waals surface area contributed by atoms with Gasteiger partial charge in [-0.15, -0.1) is 0 Å². The average molecular weight is 486 g/mol. The van der Waals surface area contributed by atoms with Crippen molar-refractivity contribution in [3.63, 3.8) is 0 Å². The van der Waals surface area contributed by atoms with Crippen LogP contribution in [-0.4, -0.2) is 25.1 Å². The number of halogens is 2. The van der Waals surface area contributed by atoms with E-state index in [0.29, 0.717) is 45.0 Å². The smallest absolute Gasteiger partial charge is 0.329 e. The lowest BCUT2D eigenvalue weighted by molar-refractivity contribution is -0.136. The molecule has 0 heterocycles. The van der Waals surface area contributed by atoms with E-state index in [1.165, 1.54) is 13.3 Å². The third-order valence-electron chi connectivity index (χ3n) is 4.60. The fourth-order valence-electron chi connectivity index (χ4n) is 2.76. The number of nitrogens with zero attached hydrogens (tertiary/aromatic N) is 1. The molecule has 9 heteroatoms. The van der Waals surface area contributed by atoms with E-state index in [1.54, 1.807) is 55.5 Å². The molecule has 0 atom stereocenters. The minimum Gasteiger partial charge on any atom is -0.493 e. The highest BCUT2D eigenvalue weighted by Crippen LogP contribution is 2.28. The number of carbonyl (C=O) groups excluding carboxylic acids is 2. The van der Waals surface area contributed by atoms with Gasteiger partial charge in [0.25, 0.3) is 0 Å². The van der Waals surface area contributed by atoms with Crippen LogP contribution in [0, 0.1) is 6.92 Å². The highest BCUT2D eigenvalue weighted by molar-refractivity contribution is 6.40. The fourth-order valence-corrected chi connectivity index (χ4v) is 3.06. The molecule has 0 aliphatic carbocycles. The maximum absolute atomic E-state index is 12.1. The van der Waals surface area contributed by atoms with Gasteiger partial charge in [0.1, 0.15) is 6.61 Å². The van der Waals surface area contributed by atoms with Crippen molar-refractivity contribution in [1.29, 1.82) is 0 Å². The summed E-state index contributed by atoms with van der Waals surface area (Å²) in [5.74, 6) is -0.736. The van der Waals surface area contributed by atoms with E-state index < -0.39 is 11.8 Å². The Balaban J connectivity index is 1.57. The largest absolute Gasteiger partial charge is 0.493 e. The molecular weight excluding hydrogens is 465 g/mol. The number of rotatable bonds is 7. The summed E-state index contributed by atoms with van der Waals surface area (Å²) < 4.78 is 11.2. The number of nitrogens with one attached hydrogen (secondary N) is 2. The van der Waals surface area contributed by atoms with E-state index in [0.717, 1.165) is 5.56 Å². The molecular formula is C24H21Cl2N3O4. The number of hydrazone groups is 1. The molecule has 0 fully saturated rings. The van der Waals surface area contributed by atoms with Crippen LogP contribution in [0.2, 0.25) is 10.0 Å². The lowest BCUT2D eigenvalue weighted by Gasteiger charge is -2.11. The first-order valence-electron chi connectivity index (χ1n) is 9.82. The van der Waals surface area contributed by atoms with E-state index in [2.05, 4.69) is 15.8 Å². The Hall–Kier alpha value is -3.55. The third kappa shape index (κ3) is 6.71. The normalized spacial score (nSPS) is 10.7. The Morgan fingerprint density at radius 2 is 1.76 bits per heavy atom. The average Bonchev–Trinajstić information content (AvgIpc) is 2.81. The minimum atomic E-state index is -0.916. The summed E-state index contributed by atoms with van der Waals surface area (Å²) in [6.07, 6.45) is 1.39. The Kier molecular flexibility index (Phi) is 8.29. The second-order valence-corrected chi connectivity index (χ2v) is 7.73. The van der Waals surface area contributed by atoms with Crippen molar-refractivity contribution in [2.75, 3.05) is 12.4 Å². The van der Waals surface area contributed by atoms with Crippen LogP contribution in [0.5, 0.6) is 11.5 Å². The molecule has 170 valence electrons. The number of hydrogen-bond donors (Lipinski definition) is 2. The van der Waals surface area contributed by atoms with Crippen LogP contribution in [0.15, 0.2) is 65.8 Å². The molecule has 0 aromatic heterocycles. The molecule has 33 heavy (non-hydrogen) atoms. The van der Waals surface area contributed by atoms with E-state index in [4.69, 9.17) is 32.7 Å². The maximum Gasteiger partial charge on any atom is 0.329 e. The molecule has 0 spiro atoms. The number of anilines is 1. The number of carbonyl (C=O) groups is 2. The second kappa shape index (κ2) is 11.4. The third-order valence-corrected chi connectivity index (χ3v) is 5.26. The monoisotopic (exact) mass is 485 g/mol. The van der Waals surface area contributed by atoms with Crippen LogP contribution in [0.3, 0.4) is 0 Å². The second-order valence-electron chi connectivity index (χ2n) is 6.89. The quantitative estimate of drug-likeness (QED) is 0.280. The lowest BCUT2D eigenvalue weighted by atomic mass is 10.2. The predicted molar refractivity (Wildman–Crippen MR) is 129 cm³/mol. The molecule has 3 aromatic rings. The molecule has 3 aromatic carbocycles. The fraction of sp³-hybridized carbons (Fsp3) is 0.125. The summed E-state index contributed by atoms with van der Waals surface area (Å²) in [7, 11) is 1.52. The molecule has 0 aliphatic heterocycles. The minimum absolute atomic E-state index is 0.345. The van der Waals surface area contributed by atoms with Crippen molar-refractivity contribution < 1.29 is 19.1 Å². The predicted octanol–water partition coefficient (Wildman–Crippen LogP) is 4.98. The summed E-state index contributed by atoms with van der Waals surface area (Å²) >= 11 is 11.9. The van der Waals surface area contributed by atoms with Crippen molar-refractivity contribution >= 4 is 46.9 Å². The van der Waals surface area contributed by atoms with Gasteiger partial charge in [-0.1, -0.05) is 41.4 Å². The van der Waals surface area contributed by atoms with Gasteiger partial charge < -0.3 is 14.8 Å². The number of hydrogen-bond acceptors (Lipinski definition) is 5. The van der Waals surface area contributed by atoms with Gasteiger partial charge in [0, 0.05) is 15.7 Å². The molecule has 0 aliphatic rings. The number of methoxy groups -OCH3 is 1. The van der Waals surface area contributed by atoms with Crippen molar-refractivity contribution in [2.24, 2.45) is 5.10 Å². The van der Waals surface area contributed by atoms with Crippen LogP contribution in [0.25, 0.3) is 0 Å². The highest BCUT2D eigenvalue weighted by atomic mass is 35.5. The zero-order valence-corrected chi connectivity index (χ0v) is 19.4. The zero-order valence-electron chi connectivity index (χ0n) is 17.9. The molecule has 2 N–H and O–H groups in total. The first-order valence-corrected chi connectivity index (χ1v) is 10.6. The number of benzene rings is 3. The van der Waals surface area contributed by atoms with E-state index in [1.807, 2.05) is 12.1 Å². The summed E-state index contributed by atoms with van der Waals surface area (Å²) in [5.41, 5.74) is 4.90. The Morgan fingerprint density at radius 1 is 1.00 bits per heavy atom. The SMILES string of the molecule is COc1cc(/C=N/NC(=O)C(=O)Nc2cccc(Cl)c2C)ccc1OCc1ccc(Cl)cc1. The summed E-state index contributed by atoms with van der Waals surface area (Å²) in [4.78, 5) is 24.1. The Labute approximate surface area is 201 Å². The van der Waals surface area contributed by atoms with E-state index >= 15 is 0 Å². The molecule has 2 amide bonds. The lowest BCUT2D eigenvalue weighted by Crippen LogP contribution is -2.32.